The molecule has 178 valence electrons. The maximum absolute atomic E-state index is 13.4. The molecule has 2 heterocycles. The lowest BCUT2D eigenvalue weighted by atomic mass is 9.95. The van der Waals surface area contributed by atoms with Gasteiger partial charge in [-0.2, -0.15) is 0 Å². The normalized spacial score (nSPS) is 14.1. The third-order valence-electron chi connectivity index (χ3n) is 6.23. The maximum atomic E-state index is 13.4. The Kier molecular flexibility index (Phi) is 7.29. The summed E-state index contributed by atoms with van der Waals surface area (Å²) in [6.07, 6.45) is 5.04. The second-order valence-corrected chi connectivity index (χ2v) is 9.05. The Hall–Kier alpha value is -2.83. The third-order valence-corrected chi connectivity index (χ3v) is 6.81. The van der Waals surface area contributed by atoms with Gasteiger partial charge in [0.1, 0.15) is 5.82 Å². The summed E-state index contributed by atoms with van der Waals surface area (Å²) in [5.74, 6) is 0.514. The van der Waals surface area contributed by atoms with Gasteiger partial charge in [-0.3, -0.25) is 18.5 Å². The smallest absolute Gasteiger partial charge is 0.286 e. The van der Waals surface area contributed by atoms with Crippen LogP contribution >= 0.6 is 23.2 Å². The largest absolute Gasteiger partial charge is 0.332 e. The monoisotopic (exact) mass is 498 g/mol. The average molecular weight is 499 g/mol. The van der Waals surface area contributed by atoms with E-state index in [9.17, 15) is 9.59 Å². The fraction of sp³-hybridized carbons (Fsp3) is 0.346. The van der Waals surface area contributed by atoms with E-state index >= 15 is 0 Å². The Morgan fingerprint density at radius 3 is 2.21 bits per heavy atom. The van der Waals surface area contributed by atoms with Gasteiger partial charge in [-0.1, -0.05) is 68.4 Å². The Morgan fingerprint density at radius 2 is 1.56 bits per heavy atom. The fourth-order valence-electron chi connectivity index (χ4n) is 4.60. The number of halogens is 2. The molecule has 1 saturated carbocycles. The van der Waals surface area contributed by atoms with Gasteiger partial charge in [0.2, 0.25) is 0 Å². The van der Waals surface area contributed by atoms with Gasteiger partial charge in [0.25, 0.3) is 5.56 Å². The number of hydrogen-bond acceptors (Lipinski definition) is 3. The first kappa shape index (κ1) is 24.3. The summed E-state index contributed by atoms with van der Waals surface area (Å²) in [6, 6.07) is 14.6. The summed E-state index contributed by atoms with van der Waals surface area (Å²) in [4.78, 5) is 31.5. The van der Waals surface area contributed by atoms with Crippen molar-refractivity contribution in [1.29, 1.82) is 0 Å². The van der Waals surface area contributed by atoms with Crippen molar-refractivity contribution in [3.63, 3.8) is 0 Å². The van der Waals surface area contributed by atoms with Gasteiger partial charge in [0.15, 0.2) is 11.2 Å². The zero-order valence-corrected chi connectivity index (χ0v) is 21.1. The molecular weight excluding hydrogens is 471 g/mol. The fourth-order valence-corrected chi connectivity index (χ4v) is 4.95. The first-order chi connectivity index (χ1) is 16.5. The number of benzene rings is 2. The van der Waals surface area contributed by atoms with Gasteiger partial charge in [0.05, 0.1) is 5.02 Å². The summed E-state index contributed by atoms with van der Waals surface area (Å²) < 4.78 is 4.68. The van der Waals surface area contributed by atoms with Crippen LogP contribution in [0.5, 0.6) is 0 Å². The molecule has 4 aromatic rings. The summed E-state index contributed by atoms with van der Waals surface area (Å²) in [7, 11) is 1.53. The molecule has 2 aromatic heterocycles. The highest BCUT2D eigenvalue weighted by molar-refractivity contribution is 6.33. The van der Waals surface area contributed by atoms with E-state index in [0.29, 0.717) is 32.6 Å². The first-order valence-corrected chi connectivity index (χ1v) is 12.5. The molecule has 1 fully saturated rings. The van der Waals surface area contributed by atoms with Crippen LogP contribution in [0.2, 0.25) is 10.0 Å². The van der Waals surface area contributed by atoms with Crippen LogP contribution in [0, 0.1) is 0 Å². The van der Waals surface area contributed by atoms with Crippen molar-refractivity contribution in [3.05, 3.63) is 79.4 Å². The predicted octanol–water partition coefficient (Wildman–Crippen LogP) is 6.39. The minimum absolute atomic E-state index is 0.0122. The van der Waals surface area contributed by atoms with Crippen LogP contribution in [0.1, 0.15) is 52.0 Å². The minimum Gasteiger partial charge on any atom is -0.286 e. The molecular formula is C26H28Cl2N4O2. The lowest BCUT2D eigenvalue weighted by Crippen LogP contribution is -2.40. The van der Waals surface area contributed by atoms with E-state index in [1.165, 1.54) is 11.6 Å². The van der Waals surface area contributed by atoms with Crippen LogP contribution in [0.3, 0.4) is 0 Å². The molecule has 2 aromatic carbocycles. The molecule has 0 N–H and O–H groups in total. The number of fused-ring (bicyclic) bond motifs is 1. The molecule has 0 aliphatic heterocycles. The van der Waals surface area contributed by atoms with Crippen LogP contribution in [0.25, 0.3) is 28.2 Å². The molecule has 0 amide bonds. The molecule has 1 aliphatic rings. The summed E-state index contributed by atoms with van der Waals surface area (Å²) in [6.45, 7) is 4.00. The van der Waals surface area contributed by atoms with Gasteiger partial charge in [-0.25, -0.2) is 9.78 Å². The van der Waals surface area contributed by atoms with Crippen molar-refractivity contribution in [3.8, 4) is 17.1 Å². The van der Waals surface area contributed by atoms with Gasteiger partial charge >= 0.3 is 5.69 Å². The second-order valence-electron chi connectivity index (χ2n) is 8.21. The summed E-state index contributed by atoms with van der Waals surface area (Å²) in [5.41, 5.74) is 1.44. The molecule has 0 bridgehead atoms. The van der Waals surface area contributed by atoms with Crippen molar-refractivity contribution in [2.75, 3.05) is 0 Å². The van der Waals surface area contributed by atoms with E-state index in [2.05, 4.69) is 0 Å². The molecule has 0 radical (unpaired) electrons. The Morgan fingerprint density at radius 1 is 0.912 bits per heavy atom. The molecule has 6 nitrogen and oxygen atoms in total. The SMILES string of the molecule is CC.Cn1c(=O)c2c(nc(-c3ccccc3Cl)n2-c2ccc(Cl)cc2)n(C2CCCCC2)c1=O. The van der Waals surface area contributed by atoms with Crippen molar-refractivity contribution in [1.82, 2.24) is 18.7 Å². The number of rotatable bonds is 3. The Balaban J connectivity index is 0.00000133. The van der Waals surface area contributed by atoms with Gasteiger partial charge in [-0.05, 0) is 49.2 Å². The molecule has 0 saturated heterocycles. The van der Waals surface area contributed by atoms with Crippen LogP contribution in [-0.2, 0) is 7.05 Å². The minimum atomic E-state index is -0.391. The predicted molar refractivity (Wildman–Crippen MR) is 139 cm³/mol. The van der Waals surface area contributed by atoms with Gasteiger partial charge in [0, 0.05) is 29.4 Å². The van der Waals surface area contributed by atoms with E-state index in [1.807, 2.05) is 44.2 Å². The number of imidazole rings is 1. The molecule has 5 rings (SSSR count). The summed E-state index contributed by atoms with van der Waals surface area (Å²) >= 11 is 12.7. The van der Waals surface area contributed by atoms with Crippen LogP contribution < -0.4 is 11.2 Å². The maximum Gasteiger partial charge on any atom is 0.332 e. The van der Waals surface area contributed by atoms with Crippen molar-refractivity contribution < 1.29 is 0 Å². The van der Waals surface area contributed by atoms with Crippen molar-refractivity contribution >= 4 is 34.4 Å². The lowest BCUT2D eigenvalue weighted by Gasteiger charge is -2.24. The molecule has 0 atom stereocenters. The van der Waals surface area contributed by atoms with Gasteiger partial charge < -0.3 is 0 Å². The van der Waals surface area contributed by atoms with E-state index in [1.54, 1.807) is 27.3 Å². The first-order valence-electron chi connectivity index (χ1n) is 11.7. The Bertz CT molecular complexity index is 1430. The van der Waals surface area contributed by atoms with Crippen LogP contribution in [0.15, 0.2) is 58.1 Å². The highest BCUT2D eigenvalue weighted by Crippen LogP contribution is 2.34. The van der Waals surface area contributed by atoms with Crippen molar-refractivity contribution in [2.45, 2.75) is 52.0 Å². The van der Waals surface area contributed by atoms with E-state index in [4.69, 9.17) is 28.2 Å². The number of nitrogens with zero attached hydrogens (tertiary/aromatic N) is 4. The van der Waals surface area contributed by atoms with E-state index < -0.39 is 5.56 Å². The highest BCUT2D eigenvalue weighted by Gasteiger charge is 2.27. The quantitative estimate of drug-likeness (QED) is 0.328. The highest BCUT2D eigenvalue weighted by atomic mass is 35.5. The second kappa shape index (κ2) is 10.2. The van der Waals surface area contributed by atoms with Gasteiger partial charge in [-0.15, -0.1) is 0 Å². The van der Waals surface area contributed by atoms with Crippen LogP contribution in [0.4, 0.5) is 0 Å². The molecule has 34 heavy (non-hydrogen) atoms. The third kappa shape index (κ3) is 4.21. The van der Waals surface area contributed by atoms with E-state index in [-0.39, 0.29) is 11.7 Å². The average Bonchev–Trinajstić information content (AvgIpc) is 3.25. The van der Waals surface area contributed by atoms with E-state index in [0.717, 1.165) is 37.8 Å². The van der Waals surface area contributed by atoms with Crippen LogP contribution in [-0.4, -0.2) is 18.7 Å². The molecule has 1 aliphatic carbocycles. The molecule has 8 heteroatoms. The molecule has 0 unspecified atom stereocenters. The number of hydrogen-bond donors (Lipinski definition) is 0. The summed E-state index contributed by atoms with van der Waals surface area (Å²) in [5, 5.41) is 1.10. The topological polar surface area (TPSA) is 61.8 Å². The number of aromatic nitrogens is 4. The lowest BCUT2D eigenvalue weighted by molar-refractivity contribution is 0.345. The molecule has 0 spiro atoms. The zero-order valence-electron chi connectivity index (χ0n) is 19.6. The zero-order chi connectivity index (χ0) is 24.4. The standard InChI is InChI=1S/C24H22Cl2N4O2.C2H6/c1-28-23(31)20-22(30(24(28)32)16-7-3-2-4-8-16)27-21(18-9-5-6-10-19(18)26)29(20)17-13-11-15(25)12-14-17;1-2/h5-6,9-14,16H,2-4,7-8H2,1H3;1-2H3. The van der Waals surface area contributed by atoms with Crippen molar-refractivity contribution in [2.24, 2.45) is 7.05 Å². The Labute approximate surface area is 208 Å².